The molecule has 26 heavy (non-hydrogen) atoms. The van der Waals surface area contributed by atoms with Crippen LogP contribution in [0, 0.1) is 5.82 Å². The molecule has 1 aromatic carbocycles. The number of nitrogens with one attached hydrogen (secondary N) is 2. The molecule has 0 saturated heterocycles. The summed E-state index contributed by atoms with van der Waals surface area (Å²) in [6, 6.07) is 7.93. The minimum absolute atomic E-state index is 0. The van der Waals surface area contributed by atoms with E-state index in [4.69, 9.17) is 4.74 Å². The molecule has 3 N–H and O–H groups in total. The van der Waals surface area contributed by atoms with Crippen molar-refractivity contribution in [1.29, 1.82) is 0 Å². The molecule has 0 radical (unpaired) electrons. The van der Waals surface area contributed by atoms with Crippen LogP contribution in [0.25, 0.3) is 0 Å². The number of aliphatic imine (C=N–C) groups is 1. The zero-order chi connectivity index (χ0) is 18.1. The number of hydrogen-bond acceptors (Lipinski definition) is 4. The van der Waals surface area contributed by atoms with Crippen LogP contribution in [0.4, 0.5) is 4.39 Å². The second-order valence-electron chi connectivity index (χ2n) is 5.71. The Morgan fingerprint density at radius 2 is 2.15 bits per heavy atom. The number of thiophene rings is 1. The van der Waals surface area contributed by atoms with Crippen molar-refractivity contribution < 1.29 is 14.2 Å². The van der Waals surface area contributed by atoms with Crippen LogP contribution >= 0.6 is 35.3 Å². The van der Waals surface area contributed by atoms with Gasteiger partial charge in [-0.25, -0.2) is 9.38 Å². The summed E-state index contributed by atoms with van der Waals surface area (Å²) >= 11 is 1.54. The van der Waals surface area contributed by atoms with Gasteiger partial charge >= 0.3 is 0 Å². The highest BCUT2D eigenvalue weighted by atomic mass is 127. The van der Waals surface area contributed by atoms with Gasteiger partial charge in [-0.15, -0.1) is 24.0 Å². The highest BCUT2D eigenvalue weighted by Crippen LogP contribution is 2.23. The average molecular weight is 493 g/mol. The first-order chi connectivity index (χ1) is 12.0. The number of nitrogens with zero attached hydrogens (tertiary/aromatic N) is 1. The van der Waals surface area contributed by atoms with E-state index in [0.717, 1.165) is 5.56 Å². The molecular weight excluding hydrogens is 468 g/mol. The number of rotatable bonds is 8. The Morgan fingerprint density at radius 3 is 2.81 bits per heavy atom. The van der Waals surface area contributed by atoms with Gasteiger partial charge in [-0.2, -0.15) is 11.3 Å². The Morgan fingerprint density at radius 1 is 1.35 bits per heavy atom. The molecule has 1 heterocycles. The van der Waals surface area contributed by atoms with Gasteiger partial charge in [0.1, 0.15) is 23.8 Å². The second-order valence-corrected chi connectivity index (χ2v) is 6.49. The first kappa shape index (κ1) is 22.7. The molecule has 1 atom stereocenters. The molecule has 0 bridgehead atoms. The normalized spacial score (nSPS) is 13.5. The third kappa shape index (κ3) is 7.46. The number of halogens is 2. The first-order valence-electron chi connectivity index (χ1n) is 8.17. The van der Waals surface area contributed by atoms with Gasteiger partial charge in [0, 0.05) is 12.6 Å². The summed E-state index contributed by atoms with van der Waals surface area (Å²) < 4.78 is 18.6. The maximum Gasteiger partial charge on any atom is 0.191 e. The Balaban J connectivity index is 0.00000338. The van der Waals surface area contributed by atoms with Crippen molar-refractivity contribution in [3.63, 3.8) is 0 Å². The fourth-order valence-corrected chi connectivity index (χ4v) is 2.91. The van der Waals surface area contributed by atoms with E-state index in [9.17, 15) is 9.50 Å². The monoisotopic (exact) mass is 493 g/mol. The molecule has 0 fully saturated rings. The number of benzene rings is 1. The van der Waals surface area contributed by atoms with E-state index in [0.29, 0.717) is 31.4 Å². The Hall–Kier alpha value is -1.39. The smallest absolute Gasteiger partial charge is 0.191 e. The lowest BCUT2D eigenvalue weighted by Crippen LogP contribution is -2.40. The molecule has 5 nitrogen and oxygen atoms in total. The lowest BCUT2D eigenvalue weighted by molar-refractivity contribution is 0.0677. The van der Waals surface area contributed by atoms with Crippen molar-refractivity contribution in [2.24, 2.45) is 4.99 Å². The van der Waals surface area contributed by atoms with E-state index in [1.54, 1.807) is 30.4 Å². The molecule has 144 valence electrons. The van der Waals surface area contributed by atoms with Gasteiger partial charge in [0.05, 0.1) is 13.1 Å². The predicted octanol–water partition coefficient (Wildman–Crippen LogP) is 3.35. The van der Waals surface area contributed by atoms with E-state index in [2.05, 4.69) is 15.6 Å². The fraction of sp³-hybridized carbons (Fsp3) is 0.389. The largest absolute Gasteiger partial charge is 0.492 e. The summed E-state index contributed by atoms with van der Waals surface area (Å²) in [5, 5.41) is 20.6. The summed E-state index contributed by atoms with van der Waals surface area (Å²) in [5.74, 6) is 0.765. The maximum atomic E-state index is 13.1. The second kappa shape index (κ2) is 11.3. The SMILES string of the molecule is CCNC(=NCC(C)(O)c1ccsc1)NCCOc1cccc(F)c1.I. The fourth-order valence-electron chi connectivity index (χ4n) is 2.13. The molecule has 0 aliphatic heterocycles. The third-order valence-electron chi connectivity index (χ3n) is 3.49. The maximum absolute atomic E-state index is 13.1. The zero-order valence-electron chi connectivity index (χ0n) is 14.9. The minimum atomic E-state index is -1.01. The highest BCUT2D eigenvalue weighted by molar-refractivity contribution is 14.0. The van der Waals surface area contributed by atoms with Crippen LogP contribution in [0.5, 0.6) is 5.75 Å². The van der Waals surface area contributed by atoms with E-state index >= 15 is 0 Å². The molecule has 0 spiro atoms. The van der Waals surface area contributed by atoms with E-state index in [-0.39, 0.29) is 36.3 Å². The van der Waals surface area contributed by atoms with Crippen molar-refractivity contribution in [3.05, 3.63) is 52.5 Å². The molecule has 2 rings (SSSR count). The standard InChI is InChI=1S/C18H24FN3O2S.HI/c1-3-20-17(22-13-18(2,23)14-7-10-25-12-14)21-8-9-24-16-6-4-5-15(19)11-16;/h4-7,10-12,23H,3,8-9,13H2,1-2H3,(H2,20,21,22);1H. The molecule has 2 aromatic rings. The number of guanidine groups is 1. The first-order valence-corrected chi connectivity index (χ1v) is 9.11. The van der Waals surface area contributed by atoms with Crippen LogP contribution in [0.2, 0.25) is 0 Å². The molecule has 0 amide bonds. The molecule has 0 aliphatic carbocycles. The van der Waals surface area contributed by atoms with E-state index < -0.39 is 5.60 Å². The van der Waals surface area contributed by atoms with Gasteiger partial charge in [0.25, 0.3) is 0 Å². The quantitative estimate of drug-likeness (QED) is 0.229. The van der Waals surface area contributed by atoms with Gasteiger partial charge in [-0.1, -0.05) is 6.07 Å². The molecule has 1 unspecified atom stereocenters. The lowest BCUT2D eigenvalue weighted by atomic mass is 10.00. The Bertz CT molecular complexity index is 681. The van der Waals surface area contributed by atoms with Gasteiger partial charge in [0.2, 0.25) is 0 Å². The van der Waals surface area contributed by atoms with E-state index in [1.807, 2.05) is 23.8 Å². The predicted molar refractivity (Wildman–Crippen MR) is 115 cm³/mol. The van der Waals surface area contributed by atoms with Gasteiger partial charge < -0.3 is 20.5 Å². The summed E-state index contributed by atoms with van der Waals surface area (Å²) in [6.45, 7) is 5.53. The van der Waals surface area contributed by atoms with Crippen LogP contribution < -0.4 is 15.4 Å². The highest BCUT2D eigenvalue weighted by Gasteiger charge is 2.23. The molecule has 0 saturated carbocycles. The summed E-state index contributed by atoms with van der Waals surface area (Å²) in [4.78, 5) is 4.43. The van der Waals surface area contributed by atoms with Crippen LogP contribution in [0.3, 0.4) is 0 Å². The van der Waals surface area contributed by atoms with Gasteiger partial charge in [0.15, 0.2) is 5.96 Å². The third-order valence-corrected chi connectivity index (χ3v) is 4.17. The van der Waals surface area contributed by atoms with Gasteiger partial charge in [-0.3, -0.25) is 0 Å². The Kier molecular flexibility index (Phi) is 9.89. The lowest BCUT2D eigenvalue weighted by Gasteiger charge is -2.21. The summed E-state index contributed by atoms with van der Waals surface area (Å²) in [7, 11) is 0. The van der Waals surface area contributed by atoms with Crippen molar-refractivity contribution >= 4 is 41.3 Å². The molecule has 1 aromatic heterocycles. The average Bonchev–Trinajstić information content (AvgIpc) is 3.12. The van der Waals surface area contributed by atoms with Crippen molar-refractivity contribution in [2.75, 3.05) is 26.2 Å². The van der Waals surface area contributed by atoms with Crippen LogP contribution in [-0.4, -0.2) is 37.3 Å². The van der Waals surface area contributed by atoms with Crippen molar-refractivity contribution in [2.45, 2.75) is 19.4 Å². The number of hydrogen-bond donors (Lipinski definition) is 3. The van der Waals surface area contributed by atoms with Crippen LogP contribution in [-0.2, 0) is 5.60 Å². The Labute approximate surface area is 174 Å². The molecule has 0 aliphatic rings. The zero-order valence-corrected chi connectivity index (χ0v) is 18.0. The topological polar surface area (TPSA) is 65.9 Å². The molecular formula is C18H25FIN3O2S. The van der Waals surface area contributed by atoms with Crippen molar-refractivity contribution in [1.82, 2.24) is 10.6 Å². The number of ether oxygens (including phenoxy) is 1. The molecule has 8 heteroatoms. The van der Waals surface area contributed by atoms with Gasteiger partial charge in [-0.05, 0) is 48.4 Å². The number of aliphatic hydroxyl groups is 1. The summed E-state index contributed by atoms with van der Waals surface area (Å²) in [6.07, 6.45) is 0. The van der Waals surface area contributed by atoms with Crippen LogP contribution in [0.1, 0.15) is 19.4 Å². The van der Waals surface area contributed by atoms with E-state index in [1.165, 1.54) is 12.1 Å². The minimum Gasteiger partial charge on any atom is -0.492 e. The van der Waals surface area contributed by atoms with Crippen molar-refractivity contribution in [3.8, 4) is 5.75 Å². The van der Waals surface area contributed by atoms with Crippen LogP contribution in [0.15, 0.2) is 46.1 Å². The summed E-state index contributed by atoms with van der Waals surface area (Å²) in [5.41, 5.74) is -0.160.